The maximum absolute atomic E-state index is 9.85. The van der Waals surface area contributed by atoms with E-state index >= 15 is 0 Å². The Balaban J connectivity index is 2.10. The first-order valence-corrected chi connectivity index (χ1v) is 5.50. The molecule has 1 N–H and O–H groups in total. The van der Waals surface area contributed by atoms with Gasteiger partial charge in [0, 0.05) is 24.5 Å². The van der Waals surface area contributed by atoms with Crippen LogP contribution >= 0.6 is 0 Å². The van der Waals surface area contributed by atoms with Crippen LogP contribution in [0.3, 0.4) is 0 Å². The van der Waals surface area contributed by atoms with Gasteiger partial charge in [0.2, 0.25) is 0 Å². The number of nitrogens with zero attached hydrogens (tertiary/aromatic N) is 3. The highest BCUT2D eigenvalue weighted by Gasteiger charge is 2.21. The number of hydrogen-bond donors (Lipinski definition) is 1. The fourth-order valence-electron chi connectivity index (χ4n) is 2.21. The molecule has 4 heteroatoms. The molecule has 0 radical (unpaired) electrons. The number of imidazole rings is 1. The Bertz CT molecular complexity index is 492. The van der Waals surface area contributed by atoms with Crippen LogP contribution in [0.4, 0.5) is 0 Å². The molecular formula is C12H13N3O. The molecule has 0 aliphatic carbocycles. The van der Waals surface area contributed by atoms with Crippen LogP contribution in [0.1, 0.15) is 24.6 Å². The number of fused-ring (bicyclic) bond motifs is 1. The second kappa shape index (κ2) is 3.72. The zero-order chi connectivity index (χ0) is 11.0. The molecule has 2 aromatic heterocycles. The molecule has 0 saturated heterocycles. The molecule has 0 bridgehead atoms. The van der Waals surface area contributed by atoms with E-state index in [1.807, 2.05) is 12.1 Å². The lowest BCUT2D eigenvalue weighted by molar-refractivity contribution is 0.139. The molecule has 2 aromatic rings. The summed E-state index contributed by atoms with van der Waals surface area (Å²) in [7, 11) is 0. The Morgan fingerprint density at radius 3 is 2.94 bits per heavy atom. The first kappa shape index (κ1) is 9.54. The topological polar surface area (TPSA) is 50.9 Å². The summed E-state index contributed by atoms with van der Waals surface area (Å²) < 4.78 is 2.10. The predicted octanol–water partition coefficient (Wildman–Crippen LogP) is 1.77. The van der Waals surface area contributed by atoms with Gasteiger partial charge in [-0.05, 0) is 25.0 Å². The molecule has 1 aliphatic rings. The van der Waals surface area contributed by atoms with Gasteiger partial charge >= 0.3 is 0 Å². The van der Waals surface area contributed by atoms with Crippen LogP contribution in [0, 0.1) is 0 Å². The Kier molecular flexibility index (Phi) is 2.22. The summed E-state index contributed by atoms with van der Waals surface area (Å²) >= 11 is 0. The van der Waals surface area contributed by atoms with Crippen molar-refractivity contribution in [3.63, 3.8) is 0 Å². The fraction of sp³-hybridized carbons (Fsp3) is 0.333. The number of aromatic nitrogens is 3. The Morgan fingerprint density at radius 2 is 2.12 bits per heavy atom. The van der Waals surface area contributed by atoms with Crippen molar-refractivity contribution in [3.05, 3.63) is 36.4 Å². The lowest BCUT2D eigenvalue weighted by atomic mass is 10.1. The molecule has 16 heavy (non-hydrogen) atoms. The molecule has 0 saturated carbocycles. The van der Waals surface area contributed by atoms with Gasteiger partial charge in [0.15, 0.2) is 0 Å². The van der Waals surface area contributed by atoms with Gasteiger partial charge in [0.1, 0.15) is 5.82 Å². The third kappa shape index (κ3) is 1.42. The Labute approximate surface area is 93.6 Å². The van der Waals surface area contributed by atoms with Crippen molar-refractivity contribution in [2.45, 2.75) is 25.5 Å². The maximum atomic E-state index is 9.85. The summed E-state index contributed by atoms with van der Waals surface area (Å²) in [5.41, 5.74) is 1.98. The van der Waals surface area contributed by atoms with E-state index in [4.69, 9.17) is 0 Å². The molecule has 3 rings (SSSR count). The van der Waals surface area contributed by atoms with Crippen LogP contribution in [-0.2, 0) is 6.54 Å². The van der Waals surface area contributed by atoms with Crippen molar-refractivity contribution in [3.8, 4) is 11.4 Å². The summed E-state index contributed by atoms with van der Waals surface area (Å²) in [6, 6.07) is 3.88. The molecule has 0 aromatic carbocycles. The van der Waals surface area contributed by atoms with E-state index in [-0.39, 0.29) is 6.10 Å². The molecule has 82 valence electrons. The van der Waals surface area contributed by atoms with Gasteiger partial charge in [0.05, 0.1) is 18.0 Å². The molecule has 0 amide bonds. The van der Waals surface area contributed by atoms with Crippen molar-refractivity contribution in [2.75, 3.05) is 0 Å². The number of rotatable bonds is 1. The quantitative estimate of drug-likeness (QED) is 0.788. The molecule has 1 unspecified atom stereocenters. The first-order valence-electron chi connectivity index (χ1n) is 5.50. The second-order valence-electron chi connectivity index (χ2n) is 4.05. The van der Waals surface area contributed by atoms with Crippen LogP contribution in [-0.4, -0.2) is 19.6 Å². The van der Waals surface area contributed by atoms with Crippen LogP contribution in [0.5, 0.6) is 0 Å². The van der Waals surface area contributed by atoms with Crippen LogP contribution in [0.25, 0.3) is 11.4 Å². The van der Waals surface area contributed by atoms with Crippen molar-refractivity contribution in [1.29, 1.82) is 0 Å². The zero-order valence-electron chi connectivity index (χ0n) is 8.87. The fourth-order valence-corrected chi connectivity index (χ4v) is 2.21. The van der Waals surface area contributed by atoms with Crippen LogP contribution < -0.4 is 0 Å². The Hall–Kier alpha value is -1.68. The van der Waals surface area contributed by atoms with E-state index in [1.54, 1.807) is 18.6 Å². The largest absolute Gasteiger partial charge is 0.387 e. The molecule has 1 atom stereocenters. The minimum Gasteiger partial charge on any atom is -0.387 e. The third-order valence-electron chi connectivity index (χ3n) is 3.03. The summed E-state index contributed by atoms with van der Waals surface area (Å²) in [6.45, 7) is 0.935. The maximum Gasteiger partial charge on any atom is 0.140 e. The lowest BCUT2D eigenvalue weighted by Gasteiger charge is -2.21. The van der Waals surface area contributed by atoms with Gasteiger partial charge < -0.3 is 9.67 Å². The lowest BCUT2D eigenvalue weighted by Crippen LogP contribution is -2.15. The molecule has 0 spiro atoms. The van der Waals surface area contributed by atoms with Gasteiger partial charge in [0.25, 0.3) is 0 Å². The Morgan fingerprint density at radius 1 is 1.31 bits per heavy atom. The number of hydrogen-bond acceptors (Lipinski definition) is 3. The highest BCUT2D eigenvalue weighted by Crippen LogP contribution is 2.29. The van der Waals surface area contributed by atoms with Gasteiger partial charge in [-0.25, -0.2) is 4.98 Å². The standard InChI is InChI=1S/C12H13N3O/c16-11-2-1-7-15-10(11)8-14-12(15)9-3-5-13-6-4-9/h3-6,8,11,16H,1-2,7H2. The average molecular weight is 215 g/mol. The minimum absolute atomic E-state index is 0.364. The molecule has 1 aliphatic heterocycles. The van der Waals surface area contributed by atoms with Crippen molar-refractivity contribution in [1.82, 2.24) is 14.5 Å². The van der Waals surface area contributed by atoms with Gasteiger partial charge in [-0.3, -0.25) is 4.98 Å². The predicted molar refractivity (Wildman–Crippen MR) is 59.7 cm³/mol. The van der Waals surface area contributed by atoms with Gasteiger partial charge in [-0.1, -0.05) is 0 Å². The molecule has 3 heterocycles. The average Bonchev–Trinajstić information content (AvgIpc) is 2.75. The van der Waals surface area contributed by atoms with Gasteiger partial charge in [-0.15, -0.1) is 0 Å². The minimum atomic E-state index is -0.364. The second-order valence-corrected chi connectivity index (χ2v) is 4.05. The van der Waals surface area contributed by atoms with E-state index in [9.17, 15) is 5.11 Å². The van der Waals surface area contributed by atoms with Gasteiger partial charge in [-0.2, -0.15) is 0 Å². The zero-order valence-corrected chi connectivity index (χ0v) is 8.87. The highest BCUT2D eigenvalue weighted by atomic mass is 16.3. The summed E-state index contributed by atoms with van der Waals surface area (Å²) in [4.78, 5) is 8.39. The van der Waals surface area contributed by atoms with E-state index < -0.39 is 0 Å². The van der Waals surface area contributed by atoms with Crippen molar-refractivity contribution >= 4 is 0 Å². The number of pyridine rings is 1. The summed E-state index contributed by atoms with van der Waals surface area (Å²) in [6.07, 6.45) is 6.77. The van der Waals surface area contributed by atoms with Crippen LogP contribution in [0.15, 0.2) is 30.7 Å². The molecule has 0 fully saturated rings. The first-order chi connectivity index (χ1) is 7.86. The monoisotopic (exact) mass is 215 g/mol. The molecule has 4 nitrogen and oxygen atoms in total. The highest BCUT2D eigenvalue weighted by molar-refractivity contribution is 5.55. The summed E-state index contributed by atoms with van der Waals surface area (Å²) in [5.74, 6) is 0.927. The molecular weight excluding hydrogens is 202 g/mol. The van der Waals surface area contributed by atoms with E-state index in [0.29, 0.717) is 0 Å². The van der Waals surface area contributed by atoms with Crippen molar-refractivity contribution in [2.24, 2.45) is 0 Å². The third-order valence-corrected chi connectivity index (χ3v) is 3.03. The number of aliphatic hydroxyl groups excluding tert-OH is 1. The SMILES string of the molecule is OC1CCCn2c1cnc2-c1ccncc1. The van der Waals surface area contributed by atoms with Crippen LogP contribution in [0.2, 0.25) is 0 Å². The normalized spacial score (nSPS) is 19.4. The summed E-state index contributed by atoms with van der Waals surface area (Å²) in [5, 5.41) is 9.85. The van der Waals surface area contributed by atoms with E-state index in [2.05, 4.69) is 14.5 Å². The number of aliphatic hydroxyl groups is 1. The van der Waals surface area contributed by atoms with Crippen molar-refractivity contribution < 1.29 is 5.11 Å². The van der Waals surface area contributed by atoms with E-state index in [0.717, 1.165) is 36.5 Å². The smallest absolute Gasteiger partial charge is 0.140 e. The van der Waals surface area contributed by atoms with E-state index in [1.165, 1.54) is 0 Å².